The van der Waals surface area contributed by atoms with E-state index in [4.69, 9.17) is 11.6 Å². The third-order valence-electron chi connectivity index (χ3n) is 2.71. The number of hydrogen-bond acceptors (Lipinski definition) is 2. The second-order valence-electron chi connectivity index (χ2n) is 3.84. The fraction of sp³-hybridized carbons (Fsp3) is 0.182. The Morgan fingerprint density at radius 1 is 1.11 bits per heavy atom. The van der Waals surface area contributed by atoms with Crippen LogP contribution in [0, 0.1) is 17.5 Å². The van der Waals surface area contributed by atoms with E-state index in [1.807, 2.05) is 0 Å². The molecule has 0 atom stereocenters. The van der Waals surface area contributed by atoms with Gasteiger partial charge in [0.1, 0.15) is 10.8 Å². The van der Waals surface area contributed by atoms with Crippen molar-refractivity contribution in [1.29, 1.82) is 0 Å². The van der Waals surface area contributed by atoms with E-state index in [0.29, 0.717) is 17.6 Å². The average Bonchev–Trinajstić information content (AvgIpc) is 2.88. The van der Waals surface area contributed by atoms with E-state index in [9.17, 15) is 13.2 Å². The Hall–Kier alpha value is -1.14. The number of rotatable bonds is 1. The zero-order valence-corrected chi connectivity index (χ0v) is 10.5. The number of halogens is 4. The molecule has 94 valence electrons. The van der Waals surface area contributed by atoms with Crippen molar-refractivity contribution in [3.63, 3.8) is 0 Å². The van der Waals surface area contributed by atoms with E-state index in [0.717, 1.165) is 22.0 Å². The zero-order valence-electron chi connectivity index (χ0n) is 8.88. The van der Waals surface area contributed by atoms with Gasteiger partial charge in [-0.25, -0.2) is 17.9 Å². The van der Waals surface area contributed by atoms with Crippen LogP contribution >= 0.6 is 23.4 Å². The Bertz CT molecular complexity index is 642. The van der Waals surface area contributed by atoms with Crippen molar-refractivity contribution in [2.24, 2.45) is 0 Å². The van der Waals surface area contributed by atoms with E-state index >= 15 is 0 Å². The van der Waals surface area contributed by atoms with Crippen molar-refractivity contribution in [3.05, 3.63) is 46.0 Å². The highest BCUT2D eigenvalue weighted by Gasteiger charge is 2.24. The van der Waals surface area contributed by atoms with Gasteiger partial charge < -0.3 is 0 Å². The Morgan fingerprint density at radius 2 is 1.83 bits per heavy atom. The monoisotopic (exact) mass is 290 g/mol. The minimum absolute atomic E-state index is 0.182. The van der Waals surface area contributed by atoms with E-state index in [1.54, 1.807) is 11.8 Å². The van der Waals surface area contributed by atoms with E-state index < -0.39 is 17.5 Å². The molecule has 2 nitrogen and oxygen atoms in total. The number of thioether (sulfide) groups is 1. The summed E-state index contributed by atoms with van der Waals surface area (Å²) in [6.45, 7) is 0. The molecule has 2 heterocycles. The van der Waals surface area contributed by atoms with E-state index in [2.05, 4.69) is 5.10 Å². The van der Waals surface area contributed by atoms with Crippen LogP contribution in [-0.4, -0.2) is 9.78 Å². The summed E-state index contributed by atoms with van der Waals surface area (Å²) in [5, 5.41) is 4.38. The van der Waals surface area contributed by atoms with Gasteiger partial charge in [0.25, 0.3) is 0 Å². The smallest absolute Gasteiger partial charge is 0.161 e. The van der Waals surface area contributed by atoms with E-state index in [1.165, 1.54) is 0 Å². The maximum Gasteiger partial charge on any atom is 0.161 e. The normalized spacial score (nSPS) is 14.0. The van der Waals surface area contributed by atoms with Gasteiger partial charge in [-0.1, -0.05) is 11.6 Å². The molecule has 0 saturated heterocycles. The van der Waals surface area contributed by atoms with Crippen LogP contribution in [0.4, 0.5) is 13.2 Å². The molecule has 3 rings (SSSR count). The molecule has 0 radical (unpaired) electrons. The lowest BCUT2D eigenvalue weighted by atomic mass is 10.3. The predicted molar refractivity (Wildman–Crippen MR) is 63.4 cm³/mol. The fourth-order valence-corrected chi connectivity index (χ4v) is 3.23. The Kier molecular flexibility index (Phi) is 2.79. The predicted octanol–water partition coefficient (Wildman–Crippen LogP) is 3.69. The molecule has 0 amide bonds. The van der Waals surface area contributed by atoms with Gasteiger partial charge in [-0.2, -0.15) is 16.9 Å². The van der Waals surface area contributed by atoms with Crippen molar-refractivity contribution in [2.75, 3.05) is 0 Å². The molecule has 7 heteroatoms. The molecule has 0 fully saturated rings. The molecule has 1 aliphatic rings. The van der Waals surface area contributed by atoms with Gasteiger partial charge in [0.05, 0.1) is 5.69 Å². The molecular formula is C11H6ClF3N2S. The third kappa shape index (κ3) is 1.71. The molecule has 1 aromatic carbocycles. The van der Waals surface area contributed by atoms with Gasteiger partial charge in [0.2, 0.25) is 0 Å². The first kappa shape index (κ1) is 11.9. The van der Waals surface area contributed by atoms with Crippen LogP contribution < -0.4 is 0 Å². The molecule has 1 aromatic heterocycles. The first-order valence-electron chi connectivity index (χ1n) is 5.07. The summed E-state index contributed by atoms with van der Waals surface area (Å²) in [7, 11) is 0. The van der Waals surface area contributed by atoms with Crippen molar-refractivity contribution in [2.45, 2.75) is 11.5 Å². The highest BCUT2D eigenvalue weighted by Crippen LogP contribution is 2.36. The van der Waals surface area contributed by atoms with Crippen LogP contribution in [0.5, 0.6) is 0 Å². The minimum Gasteiger partial charge on any atom is -0.218 e. The number of benzene rings is 1. The number of aromatic nitrogens is 2. The molecule has 0 aliphatic carbocycles. The Morgan fingerprint density at radius 3 is 2.56 bits per heavy atom. The van der Waals surface area contributed by atoms with Gasteiger partial charge in [0.15, 0.2) is 17.5 Å². The SMILES string of the molecule is Fc1cc(F)c(-n2nc3c(c2Cl)CSC3)cc1F. The lowest BCUT2D eigenvalue weighted by Crippen LogP contribution is -2.03. The maximum absolute atomic E-state index is 13.6. The summed E-state index contributed by atoms with van der Waals surface area (Å²) in [5.41, 5.74) is 1.40. The molecule has 18 heavy (non-hydrogen) atoms. The average molecular weight is 291 g/mol. The van der Waals surface area contributed by atoms with Crippen molar-refractivity contribution >= 4 is 23.4 Å². The molecule has 1 aliphatic heterocycles. The molecule has 0 unspecified atom stereocenters. The highest BCUT2D eigenvalue weighted by molar-refractivity contribution is 7.98. The Labute approximate surface area is 110 Å². The lowest BCUT2D eigenvalue weighted by molar-refractivity contribution is 0.491. The van der Waals surface area contributed by atoms with Crippen molar-refractivity contribution in [3.8, 4) is 5.69 Å². The number of nitrogens with zero attached hydrogens (tertiary/aromatic N) is 2. The topological polar surface area (TPSA) is 17.8 Å². The summed E-state index contributed by atoms with van der Waals surface area (Å²) >= 11 is 7.72. The van der Waals surface area contributed by atoms with Crippen LogP contribution in [0.25, 0.3) is 5.69 Å². The van der Waals surface area contributed by atoms with Gasteiger partial charge in [-0.05, 0) is 0 Å². The van der Waals surface area contributed by atoms with Crippen molar-refractivity contribution in [1.82, 2.24) is 9.78 Å². The highest BCUT2D eigenvalue weighted by atomic mass is 35.5. The minimum atomic E-state index is -1.23. The molecule has 2 aromatic rings. The molecular weight excluding hydrogens is 285 g/mol. The molecule has 0 saturated carbocycles. The second kappa shape index (κ2) is 4.20. The van der Waals surface area contributed by atoms with Crippen LogP contribution in [-0.2, 0) is 11.5 Å². The largest absolute Gasteiger partial charge is 0.218 e. The quantitative estimate of drug-likeness (QED) is 0.746. The molecule has 0 N–H and O–H groups in total. The summed E-state index contributed by atoms with van der Waals surface area (Å²) in [6.07, 6.45) is 0. The van der Waals surface area contributed by atoms with Gasteiger partial charge in [-0.3, -0.25) is 0 Å². The summed E-state index contributed by atoms with van der Waals surface area (Å²) < 4.78 is 40.7. The molecule has 0 spiro atoms. The maximum atomic E-state index is 13.6. The molecule has 0 bridgehead atoms. The van der Waals surface area contributed by atoms with Gasteiger partial charge in [0, 0.05) is 29.2 Å². The summed E-state index contributed by atoms with van der Waals surface area (Å²) in [5.74, 6) is -1.88. The Balaban J connectivity index is 2.19. The van der Waals surface area contributed by atoms with Crippen LogP contribution in [0.15, 0.2) is 12.1 Å². The van der Waals surface area contributed by atoms with Crippen LogP contribution in [0.2, 0.25) is 5.15 Å². The van der Waals surface area contributed by atoms with Crippen molar-refractivity contribution < 1.29 is 13.2 Å². The van der Waals surface area contributed by atoms with E-state index in [-0.39, 0.29) is 10.8 Å². The van der Waals surface area contributed by atoms with Gasteiger partial charge in [-0.15, -0.1) is 0 Å². The fourth-order valence-electron chi connectivity index (χ4n) is 1.81. The number of fused-ring (bicyclic) bond motifs is 1. The zero-order chi connectivity index (χ0) is 12.9. The standard InChI is InChI=1S/C11H6ClF3N2S/c12-11-5-3-18-4-9(5)16-17(11)10-2-7(14)6(13)1-8(10)15/h1-2H,3-4H2. The third-order valence-corrected chi connectivity index (χ3v) is 4.07. The van der Waals surface area contributed by atoms with Crippen LogP contribution in [0.1, 0.15) is 11.3 Å². The van der Waals surface area contributed by atoms with Gasteiger partial charge >= 0.3 is 0 Å². The first-order chi connectivity index (χ1) is 8.58. The summed E-state index contributed by atoms with van der Waals surface area (Å²) in [4.78, 5) is 0. The van der Waals surface area contributed by atoms with Crippen LogP contribution in [0.3, 0.4) is 0 Å². The first-order valence-corrected chi connectivity index (χ1v) is 6.60. The second-order valence-corrected chi connectivity index (χ2v) is 5.18. The lowest BCUT2D eigenvalue weighted by Gasteiger charge is -2.06. The summed E-state index contributed by atoms with van der Waals surface area (Å²) in [6, 6.07) is 1.24. The number of hydrogen-bond donors (Lipinski definition) is 0.